The number of hydrogen-bond donors (Lipinski definition) is 1. The van der Waals surface area contributed by atoms with Gasteiger partial charge in [-0.1, -0.05) is 24.3 Å². The molecule has 5 heteroatoms. The standard InChI is InChI=1S/C18H17FN2O2/c1-12-5-2-3-8-16(12)18(23)20-14-10-17(22)21(11-14)15-7-4-6-13(19)9-15/h2-9,14H,10-11H2,1H3,(H,20,23). The second kappa shape index (κ2) is 6.20. The minimum atomic E-state index is -0.386. The van der Waals surface area contributed by atoms with Gasteiger partial charge in [-0.25, -0.2) is 4.39 Å². The highest BCUT2D eigenvalue weighted by molar-refractivity contribution is 5.99. The van der Waals surface area contributed by atoms with E-state index in [0.717, 1.165) is 5.56 Å². The van der Waals surface area contributed by atoms with Crippen LogP contribution in [-0.4, -0.2) is 24.4 Å². The zero-order valence-corrected chi connectivity index (χ0v) is 12.8. The van der Waals surface area contributed by atoms with Crippen molar-refractivity contribution in [3.8, 4) is 0 Å². The lowest BCUT2D eigenvalue weighted by Crippen LogP contribution is -2.37. The quantitative estimate of drug-likeness (QED) is 0.947. The van der Waals surface area contributed by atoms with Crippen LogP contribution >= 0.6 is 0 Å². The highest BCUT2D eigenvalue weighted by Gasteiger charge is 2.32. The Bertz CT molecular complexity index is 760. The van der Waals surface area contributed by atoms with Gasteiger partial charge in [-0.2, -0.15) is 0 Å². The maximum Gasteiger partial charge on any atom is 0.251 e. The average molecular weight is 312 g/mol. The van der Waals surface area contributed by atoms with Crippen LogP contribution in [0.1, 0.15) is 22.3 Å². The number of benzene rings is 2. The molecule has 2 aromatic carbocycles. The van der Waals surface area contributed by atoms with Crippen molar-refractivity contribution >= 4 is 17.5 Å². The summed E-state index contributed by atoms with van der Waals surface area (Å²) in [5.41, 5.74) is 2.00. The third-order valence-corrected chi connectivity index (χ3v) is 3.97. The molecule has 1 aliphatic rings. The molecule has 1 fully saturated rings. The first-order valence-corrected chi connectivity index (χ1v) is 7.47. The molecule has 2 aromatic rings. The van der Waals surface area contributed by atoms with Crippen molar-refractivity contribution in [1.82, 2.24) is 5.32 Å². The van der Waals surface area contributed by atoms with Crippen molar-refractivity contribution in [3.05, 3.63) is 65.5 Å². The molecule has 0 aromatic heterocycles. The van der Waals surface area contributed by atoms with Gasteiger partial charge in [-0.05, 0) is 36.8 Å². The van der Waals surface area contributed by atoms with Crippen molar-refractivity contribution in [3.63, 3.8) is 0 Å². The maximum absolute atomic E-state index is 13.3. The van der Waals surface area contributed by atoms with Crippen LogP contribution in [0.5, 0.6) is 0 Å². The molecule has 3 rings (SSSR count). The van der Waals surface area contributed by atoms with Gasteiger partial charge in [0.1, 0.15) is 5.82 Å². The molecule has 1 saturated heterocycles. The van der Waals surface area contributed by atoms with Gasteiger partial charge in [0.25, 0.3) is 5.91 Å². The molecule has 2 amide bonds. The van der Waals surface area contributed by atoms with Crippen LogP contribution < -0.4 is 10.2 Å². The molecule has 0 radical (unpaired) electrons. The molecule has 0 aliphatic carbocycles. The molecule has 1 N–H and O–H groups in total. The first-order valence-electron chi connectivity index (χ1n) is 7.47. The lowest BCUT2D eigenvalue weighted by Gasteiger charge is -2.17. The average Bonchev–Trinajstić information content (AvgIpc) is 2.88. The Morgan fingerprint density at radius 2 is 2.00 bits per heavy atom. The fourth-order valence-electron chi connectivity index (χ4n) is 2.79. The minimum Gasteiger partial charge on any atom is -0.347 e. The van der Waals surface area contributed by atoms with Gasteiger partial charge in [-0.15, -0.1) is 0 Å². The van der Waals surface area contributed by atoms with Crippen molar-refractivity contribution in [1.29, 1.82) is 0 Å². The largest absolute Gasteiger partial charge is 0.347 e. The summed E-state index contributed by atoms with van der Waals surface area (Å²) in [6, 6.07) is 12.9. The first-order chi connectivity index (χ1) is 11.0. The van der Waals surface area contributed by atoms with Crippen LogP contribution in [0.2, 0.25) is 0 Å². The Hall–Kier alpha value is -2.69. The summed E-state index contributed by atoms with van der Waals surface area (Å²) in [4.78, 5) is 26.0. The third kappa shape index (κ3) is 3.23. The summed E-state index contributed by atoms with van der Waals surface area (Å²) < 4.78 is 13.3. The van der Waals surface area contributed by atoms with Crippen molar-refractivity contribution in [2.75, 3.05) is 11.4 Å². The number of nitrogens with zero attached hydrogens (tertiary/aromatic N) is 1. The molecule has 1 aliphatic heterocycles. The fourth-order valence-corrected chi connectivity index (χ4v) is 2.79. The molecule has 1 unspecified atom stereocenters. The lowest BCUT2D eigenvalue weighted by molar-refractivity contribution is -0.117. The van der Waals surface area contributed by atoms with Crippen LogP contribution in [0.3, 0.4) is 0 Å². The second-order valence-electron chi connectivity index (χ2n) is 5.67. The second-order valence-corrected chi connectivity index (χ2v) is 5.67. The van der Waals surface area contributed by atoms with Crippen LogP contribution in [0.25, 0.3) is 0 Å². The van der Waals surface area contributed by atoms with E-state index in [9.17, 15) is 14.0 Å². The van der Waals surface area contributed by atoms with E-state index < -0.39 is 0 Å². The van der Waals surface area contributed by atoms with Gasteiger partial charge in [0.15, 0.2) is 0 Å². The zero-order chi connectivity index (χ0) is 16.4. The van der Waals surface area contributed by atoms with E-state index in [1.54, 1.807) is 24.3 Å². The van der Waals surface area contributed by atoms with Crippen LogP contribution in [-0.2, 0) is 4.79 Å². The van der Waals surface area contributed by atoms with E-state index in [0.29, 0.717) is 17.8 Å². The van der Waals surface area contributed by atoms with E-state index in [1.165, 1.54) is 17.0 Å². The van der Waals surface area contributed by atoms with E-state index in [1.807, 2.05) is 19.1 Å². The van der Waals surface area contributed by atoms with Gasteiger partial charge in [0.2, 0.25) is 5.91 Å². The number of aryl methyl sites for hydroxylation is 1. The molecule has 4 nitrogen and oxygen atoms in total. The van der Waals surface area contributed by atoms with Gasteiger partial charge >= 0.3 is 0 Å². The predicted molar refractivity (Wildman–Crippen MR) is 85.8 cm³/mol. The molecule has 1 heterocycles. The van der Waals surface area contributed by atoms with Crippen LogP contribution in [0, 0.1) is 12.7 Å². The van der Waals surface area contributed by atoms with E-state index in [4.69, 9.17) is 0 Å². The molecule has 23 heavy (non-hydrogen) atoms. The highest BCUT2D eigenvalue weighted by Crippen LogP contribution is 2.22. The van der Waals surface area contributed by atoms with Crippen molar-refractivity contribution in [2.45, 2.75) is 19.4 Å². The third-order valence-electron chi connectivity index (χ3n) is 3.97. The molecule has 0 spiro atoms. The summed E-state index contributed by atoms with van der Waals surface area (Å²) in [6.45, 7) is 2.22. The Kier molecular flexibility index (Phi) is 4.10. The van der Waals surface area contributed by atoms with Gasteiger partial charge in [0.05, 0.1) is 6.04 Å². The smallest absolute Gasteiger partial charge is 0.251 e. The number of hydrogen-bond acceptors (Lipinski definition) is 2. The van der Waals surface area contributed by atoms with Gasteiger partial charge in [0, 0.05) is 24.2 Å². The Morgan fingerprint density at radius 3 is 2.74 bits per heavy atom. The number of halogens is 1. The Labute approximate surface area is 133 Å². The monoisotopic (exact) mass is 312 g/mol. The highest BCUT2D eigenvalue weighted by atomic mass is 19.1. The first kappa shape index (κ1) is 15.2. The van der Waals surface area contributed by atoms with E-state index in [2.05, 4.69) is 5.32 Å². The zero-order valence-electron chi connectivity index (χ0n) is 12.8. The van der Waals surface area contributed by atoms with Crippen molar-refractivity contribution < 1.29 is 14.0 Å². The summed E-state index contributed by atoms with van der Waals surface area (Å²) in [6.07, 6.45) is 0.216. The molecule has 1 atom stereocenters. The lowest BCUT2D eigenvalue weighted by atomic mass is 10.1. The number of amides is 2. The summed E-state index contributed by atoms with van der Waals surface area (Å²) in [7, 11) is 0. The number of carbonyl (C=O) groups is 2. The number of anilines is 1. The predicted octanol–water partition coefficient (Wildman–Crippen LogP) is 2.67. The molecule has 118 valence electrons. The van der Waals surface area contributed by atoms with E-state index in [-0.39, 0.29) is 30.1 Å². The Balaban J connectivity index is 1.71. The van der Waals surface area contributed by atoms with Gasteiger partial charge < -0.3 is 10.2 Å². The van der Waals surface area contributed by atoms with E-state index >= 15 is 0 Å². The van der Waals surface area contributed by atoms with Gasteiger partial charge in [-0.3, -0.25) is 9.59 Å². The molecular weight excluding hydrogens is 295 g/mol. The van der Waals surface area contributed by atoms with Crippen LogP contribution in [0.4, 0.5) is 10.1 Å². The molecular formula is C18H17FN2O2. The molecule has 0 bridgehead atoms. The topological polar surface area (TPSA) is 49.4 Å². The normalized spacial score (nSPS) is 17.4. The number of nitrogens with one attached hydrogen (secondary N) is 1. The SMILES string of the molecule is Cc1ccccc1C(=O)NC1CC(=O)N(c2cccc(F)c2)C1. The summed E-state index contributed by atoms with van der Waals surface area (Å²) >= 11 is 0. The summed E-state index contributed by atoms with van der Waals surface area (Å²) in [5.74, 6) is -0.699. The molecule has 0 saturated carbocycles. The maximum atomic E-state index is 13.3. The number of rotatable bonds is 3. The fraction of sp³-hybridized carbons (Fsp3) is 0.222. The Morgan fingerprint density at radius 1 is 1.22 bits per heavy atom. The van der Waals surface area contributed by atoms with Crippen LogP contribution in [0.15, 0.2) is 48.5 Å². The summed E-state index contributed by atoms with van der Waals surface area (Å²) in [5, 5.41) is 2.89. The minimum absolute atomic E-state index is 0.120. The van der Waals surface area contributed by atoms with Crippen molar-refractivity contribution in [2.24, 2.45) is 0 Å². The number of carbonyl (C=O) groups excluding carboxylic acids is 2.